The van der Waals surface area contributed by atoms with E-state index in [0.29, 0.717) is 17.7 Å². The van der Waals surface area contributed by atoms with E-state index >= 15 is 0 Å². The van der Waals surface area contributed by atoms with Gasteiger partial charge in [0, 0.05) is 23.9 Å². The fourth-order valence-electron chi connectivity index (χ4n) is 3.66. The van der Waals surface area contributed by atoms with Gasteiger partial charge in [-0.3, -0.25) is 14.3 Å². The second-order valence-corrected chi connectivity index (χ2v) is 9.41. The predicted octanol–water partition coefficient (Wildman–Crippen LogP) is 5.84. The molecule has 2 aromatic carbocycles. The highest BCUT2D eigenvalue weighted by molar-refractivity contribution is 7.98. The molecule has 0 amide bonds. The maximum atomic E-state index is 13.3. The van der Waals surface area contributed by atoms with Gasteiger partial charge in [0.2, 0.25) is 0 Å². The largest absolute Gasteiger partial charge is 0.287 e. The number of pyridine rings is 1. The van der Waals surface area contributed by atoms with E-state index in [9.17, 15) is 4.79 Å². The molecule has 0 N–H and O–H groups in total. The minimum atomic E-state index is 0.0172. The first-order chi connectivity index (χ1) is 16.3. The Balaban J connectivity index is 1.37. The zero-order valence-electron chi connectivity index (χ0n) is 17.9. The van der Waals surface area contributed by atoms with Gasteiger partial charge >= 0.3 is 0 Å². The van der Waals surface area contributed by atoms with E-state index < -0.39 is 0 Å². The number of para-hydroxylation sites is 1. The molecular formula is C26H22N4OS2. The quantitative estimate of drug-likeness (QED) is 0.211. The minimum absolute atomic E-state index is 0.0172. The third kappa shape index (κ3) is 5.05. The molecule has 0 spiro atoms. The number of hydrogen-bond donors (Lipinski definition) is 0. The summed E-state index contributed by atoms with van der Waals surface area (Å²) in [7, 11) is 0. The summed E-state index contributed by atoms with van der Waals surface area (Å²) in [6.45, 7) is 0.629. The number of rotatable bonds is 8. The van der Waals surface area contributed by atoms with Crippen LogP contribution in [0.2, 0.25) is 0 Å². The lowest BCUT2D eigenvalue weighted by atomic mass is 10.1. The topological polar surface area (TPSA) is 60.7 Å². The lowest BCUT2D eigenvalue weighted by Crippen LogP contribution is -2.23. The Morgan fingerprint density at radius 1 is 0.909 bits per heavy atom. The molecule has 33 heavy (non-hydrogen) atoms. The summed E-state index contributed by atoms with van der Waals surface area (Å²) in [4.78, 5) is 27.2. The average Bonchev–Trinajstić information content (AvgIpc) is 3.35. The van der Waals surface area contributed by atoms with Crippen LogP contribution in [0, 0.1) is 0 Å². The molecular weight excluding hydrogens is 448 g/mol. The second kappa shape index (κ2) is 10.1. The molecule has 5 rings (SSSR count). The highest BCUT2D eigenvalue weighted by Crippen LogP contribution is 2.27. The van der Waals surface area contributed by atoms with Crippen molar-refractivity contribution in [1.82, 2.24) is 19.5 Å². The van der Waals surface area contributed by atoms with Crippen LogP contribution in [0.25, 0.3) is 21.6 Å². The molecule has 164 valence electrons. The Morgan fingerprint density at radius 3 is 2.58 bits per heavy atom. The Kier molecular flexibility index (Phi) is 6.60. The van der Waals surface area contributed by atoms with Crippen molar-refractivity contribution >= 4 is 34.0 Å². The SMILES string of the molecule is O=c1c2ccccc2nc(SCc2csc(-c3ccccn3)n2)n1CCCc1ccccc1. The van der Waals surface area contributed by atoms with Crippen molar-refractivity contribution < 1.29 is 0 Å². The van der Waals surface area contributed by atoms with Gasteiger partial charge in [-0.05, 0) is 42.7 Å². The van der Waals surface area contributed by atoms with Gasteiger partial charge in [0.05, 0.1) is 22.3 Å². The maximum Gasteiger partial charge on any atom is 0.262 e. The minimum Gasteiger partial charge on any atom is -0.287 e. The van der Waals surface area contributed by atoms with E-state index in [4.69, 9.17) is 9.97 Å². The molecule has 0 saturated carbocycles. The van der Waals surface area contributed by atoms with Crippen molar-refractivity contribution in [2.75, 3.05) is 0 Å². The van der Waals surface area contributed by atoms with Crippen LogP contribution < -0.4 is 5.56 Å². The van der Waals surface area contributed by atoms with Gasteiger partial charge in [-0.15, -0.1) is 11.3 Å². The molecule has 5 nitrogen and oxygen atoms in total. The highest BCUT2D eigenvalue weighted by atomic mass is 32.2. The summed E-state index contributed by atoms with van der Waals surface area (Å²) >= 11 is 3.14. The first-order valence-corrected chi connectivity index (χ1v) is 12.7. The fourth-order valence-corrected chi connectivity index (χ4v) is 5.48. The zero-order valence-corrected chi connectivity index (χ0v) is 19.6. The molecule has 5 aromatic rings. The van der Waals surface area contributed by atoms with Crippen LogP contribution >= 0.6 is 23.1 Å². The van der Waals surface area contributed by atoms with Gasteiger partial charge in [-0.25, -0.2) is 9.97 Å². The highest BCUT2D eigenvalue weighted by Gasteiger charge is 2.13. The smallest absolute Gasteiger partial charge is 0.262 e. The first kappa shape index (κ1) is 21.6. The van der Waals surface area contributed by atoms with Crippen LogP contribution in [0.1, 0.15) is 17.7 Å². The Bertz CT molecular complexity index is 1410. The molecule has 0 bridgehead atoms. The van der Waals surface area contributed by atoms with Crippen molar-refractivity contribution in [2.24, 2.45) is 0 Å². The van der Waals surface area contributed by atoms with Crippen LogP contribution in [0.15, 0.2) is 94.3 Å². The molecule has 0 radical (unpaired) electrons. The molecule has 7 heteroatoms. The van der Waals surface area contributed by atoms with Gasteiger partial charge in [0.25, 0.3) is 5.56 Å². The molecule has 3 heterocycles. The number of aromatic nitrogens is 4. The van der Waals surface area contributed by atoms with Crippen molar-refractivity contribution in [3.8, 4) is 10.7 Å². The van der Waals surface area contributed by atoms with Crippen LogP contribution in [0.4, 0.5) is 0 Å². The summed E-state index contributed by atoms with van der Waals surface area (Å²) < 4.78 is 1.82. The molecule has 0 unspecified atom stereocenters. The summed E-state index contributed by atoms with van der Waals surface area (Å²) in [5.74, 6) is 0.646. The molecule has 0 aliphatic rings. The van der Waals surface area contributed by atoms with E-state index in [1.165, 1.54) is 5.56 Å². The number of fused-ring (bicyclic) bond motifs is 1. The van der Waals surface area contributed by atoms with E-state index in [2.05, 4.69) is 22.5 Å². The molecule has 0 atom stereocenters. The number of thioether (sulfide) groups is 1. The molecule has 3 aromatic heterocycles. The number of hydrogen-bond acceptors (Lipinski definition) is 6. The lowest BCUT2D eigenvalue weighted by molar-refractivity contribution is 0.564. The fraction of sp³-hybridized carbons (Fsp3) is 0.154. The Hall–Kier alpha value is -3.29. The summed E-state index contributed by atoms with van der Waals surface area (Å²) in [5, 5.41) is 4.35. The summed E-state index contributed by atoms with van der Waals surface area (Å²) in [6, 6.07) is 23.8. The van der Waals surface area contributed by atoms with Gasteiger partial charge in [-0.1, -0.05) is 60.3 Å². The average molecular weight is 471 g/mol. The van der Waals surface area contributed by atoms with Crippen LogP contribution in [-0.2, 0) is 18.7 Å². The number of aryl methyl sites for hydroxylation is 1. The Morgan fingerprint density at radius 2 is 1.73 bits per heavy atom. The van der Waals surface area contributed by atoms with E-state index in [1.54, 1.807) is 29.3 Å². The third-order valence-electron chi connectivity index (χ3n) is 5.30. The van der Waals surface area contributed by atoms with Crippen LogP contribution in [0.5, 0.6) is 0 Å². The third-order valence-corrected chi connectivity index (χ3v) is 7.23. The number of benzene rings is 2. The second-order valence-electron chi connectivity index (χ2n) is 7.61. The molecule has 0 aliphatic carbocycles. The molecule has 0 aliphatic heterocycles. The monoisotopic (exact) mass is 470 g/mol. The normalized spacial score (nSPS) is 11.2. The maximum absolute atomic E-state index is 13.3. The van der Waals surface area contributed by atoms with Crippen molar-refractivity contribution in [2.45, 2.75) is 30.3 Å². The van der Waals surface area contributed by atoms with Gasteiger partial charge in [0.1, 0.15) is 5.01 Å². The van der Waals surface area contributed by atoms with E-state index in [-0.39, 0.29) is 5.56 Å². The number of thiazole rings is 1. The van der Waals surface area contributed by atoms with Gasteiger partial charge in [-0.2, -0.15) is 0 Å². The zero-order chi connectivity index (χ0) is 22.5. The van der Waals surface area contributed by atoms with Gasteiger partial charge < -0.3 is 0 Å². The van der Waals surface area contributed by atoms with Crippen LogP contribution in [0.3, 0.4) is 0 Å². The lowest BCUT2D eigenvalue weighted by Gasteiger charge is -2.13. The first-order valence-electron chi connectivity index (χ1n) is 10.8. The molecule has 0 fully saturated rings. The van der Waals surface area contributed by atoms with Crippen molar-refractivity contribution in [3.05, 3.63) is 106 Å². The van der Waals surface area contributed by atoms with Crippen LogP contribution in [-0.4, -0.2) is 19.5 Å². The molecule has 0 saturated heterocycles. The van der Waals surface area contributed by atoms with E-state index in [1.807, 2.05) is 65.2 Å². The van der Waals surface area contributed by atoms with Crippen molar-refractivity contribution in [3.63, 3.8) is 0 Å². The van der Waals surface area contributed by atoms with Gasteiger partial charge in [0.15, 0.2) is 5.16 Å². The predicted molar refractivity (Wildman–Crippen MR) is 136 cm³/mol. The number of nitrogens with zero attached hydrogens (tertiary/aromatic N) is 4. The summed E-state index contributed by atoms with van der Waals surface area (Å²) in [6.07, 6.45) is 3.57. The van der Waals surface area contributed by atoms with Crippen molar-refractivity contribution in [1.29, 1.82) is 0 Å². The summed E-state index contributed by atoms with van der Waals surface area (Å²) in [5.41, 5.74) is 3.86. The Labute approximate surface area is 200 Å². The van der Waals surface area contributed by atoms with E-state index in [0.717, 1.165) is 39.9 Å². The standard InChI is InChI=1S/C26H22N4OS2/c31-25-21-12-4-5-13-22(21)29-26(30(25)16-8-11-19-9-2-1-3-10-19)33-18-20-17-32-24(28-20)23-14-6-7-15-27-23/h1-7,9-10,12-15,17H,8,11,16,18H2.